The smallest absolute Gasteiger partial charge is 0.260 e. The monoisotopic (exact) mass is 448 g/mol. The average molecular weight is 449 g/mol. The second kappa shape index (κ2) is 8.45. The molecule has 4 aromatic rings. The Balaban J connectivity index is 1.76. The molecule has 1 aromatic heterocycles. The van der Waals surface area contributed by atoms with Crippen LogP contribution in [0.1, 0.15) is 47.8 Å². The minimum Gasteiger partial charge on any atom is -0.279 e. The lowest BCUT2D eigenvalue weighted by molar-refractivity contribution is 0.0985. The highest BCUT2D eigenvalue weighted by atomic mass is 35.5. The van der Waals surface area contributed by atoms with Gasteiger partial charge in [0.2, 0.25) is 0 Å². The fourth-order valence-electron chi connectivity index (χ4n) is 3.52. The van der Waals surface area contributed by atoms with Gasteiger partial charge in [-0.25, -0.2) is 4.98 Å². The van der Waals surface area contributed by atoms with Gasteiger partial charge in [-0.05, 0) is 53.3 Å². The molecule has 0 saturated heterocycles. The molecule has 0 saturated carbocycles. The quantitative estimate of drug-likeness (QED) is 0.325. The lowest BCUT2D eigenvalue weighted by atomic mass is 9.86. The molecule has 1 heterocycles. The van der Waals surface area contributed by atoms with Gasteiger partial charge in [0, 0.05) is 10.6 Å². The maximum atomic E-state index is 13.6. The topological polar surface area (TPSA) is 33.2 Å². The summed E-state index contributed by atoms with van der Waals surface area (Å²) in [5, 5.41) is 1.35. The molecule has 1 amide bonds. The van der Waals surface area contributed by atoms with E-state index < -0.39 is 0 Å². The molecular formula is C26H25ClN2OS. The molecule has 31 heavy (non-hydrogen) atoms. The van der Waals surface area contributed by atoms with E-state index in [1.165, 1.54) is 16.9 Å². The Morgan fingerprint density at radius 3 is 2.35 bits per heavy atom. The molecule has 0 bridgehead atoms. The molecule has 3 aromatic carbocycles. The summed E-state index contributed by atoms with van der Waals surface area (Å²) in [5.41, 5.74) is 4.83. The molecule has 0 aliphatic rings. The van der Waals surface area contributed by atoms with Crippen molar-refractivity contribution in [1.29, 1.82) is 0 Å². The summed E-state index contributed by atoms with van der Waals surface area (Å²) in [4.78, 5) is 20.2. The van der Waals surface area contributed by atoms with Crippen LogP contribution in [0.25, 0.3) is 10.2 Å². The van der Waals surface area contributed by atoms with Crippen LogP contribution in [0.5, 0.6) is 0 Å². The zero-order valence-electron chi connectivity index (χ0n) is 18.1. The zero-order chi connectivity index (χ0) is 22.2. The molecule has 0 fully saturated rings. The van der Waals surface area contributed by atoms with Gasteiger partial charge in [-0.2, -0.15) is 0 Å². The van der Waals surface area contributed by atoms with Crippen LogP contribution in [0.4, 0.5) is 5.13 Å². The van der Waals surface area contributed by atoms with Gasteiger partial charge in [0.25, 0.3) is 5.91 Å². The summed E-state index contributed by atoms with van der Waals surface area (Å²) >= 11 is 7.74. The number of carbonyl (C=O) groups is 1. The maximum Gasteiger partial charge on any atom is 0.260 e. The first kappa shape index (κ1) is 21.5. The van der Waals surface area contributed by atoms with Gasteiger partial charge in [0.15, 0.2) is 5.13 Å². The normalized spacial score (nSPS) is 11.6. The summed E-state index contributed by atoms with van der Waals surface area (Å²) in [6, 6.07) is 21.7. The zero-order valence-corrected chi connectivity index (χ0v) is 19.7. The first-order valence-electron chi connectivity index (χ1n) is 10.3. The number of amides is 1. The van der Waals surface area contributed by atoms with Crippen molar-refractivity contribution in [2.45, 2.75) is 39.7 Å². The molecule has 0 radical (unpaired) electrons. The number of carbonyl (C=O) groups excluding carboxylic acids is 1. The van der Waals surface area contributed by atoms with Gasteiger partial charge < -0.3 is 0 Å². The first-order valence-corrected chi connectivity index (χ1v) is 11.4. The average Bonchev–Trinajstić information content (AvgIpc) is 3.16. The maximum absolute atomic E-state index is 13.6. The number of thiazole rings is 1. The molecule has 0 spiro atoms. The van der Waals surface area contributed by atoms with Crippen molar-refractivity contribution < 1.29 is 4.79 Å². The fraction of sp³-hybridized carbons (Fsp3) is 0.231. The van der Waals surface area contributed by atoms with Crippen LogP contribution in [0.3, 0.4) is 0 Å². The van der Waals surface area contributed by atoms with Gasteiger partial charge in [-0.1, -0.05) is 86.2 Å². The van der Waals surface area contributed by atoms with Crippen molar-refractivity contribution in [3.05, 3.63) is 94.0 Å². The Morgan fingerprint density at radius 1 is 1.03 bits per heavy atom. The molecule has 4 rings (SSSR count). The minimum absolute atomic E-state index is 0.0368. The molecule has 0 unspecified atom stereocenters. The van der Waals surface area contributed by atoms with Crippen molar-refractivity contribution in [2.24, 2.45) is 0 Å². The van der Waals surface area contributed by atoms with E-state index in [1.54, 1.807) is 4.90 Å². The molecule has 5 heteroatoms. The van der Waals surface area contributed by atoms with E-state index in [9.17, 15) is 4.79 Å². The first-order chi connectivity index (χ1) is 14.7. The number of hydrogen-bond acceptors (Lipinski definition) is 3. The van der Waals surface area contributed by atoms with Crippen LogP contribution in [-0.2, 0) is 12.0 Å². The SMILES string of the molecule is Cc1cc(Cl)cc2sc(N(Cc3ccccc3)C(=O)c3ccc(C(C)(C)C)cc3)nc12. The van der Waals surface area contributed by atoms with Crippen LogP contribution in [-0.4, -0.2) is 10.9 Å². The van der Waals surface area contributed by atoms with Crippen LogP contribution in [0.15, 0.2) is 66.7 Å². The second-order valence-corrected chi connectivity index (χ2v) is 10.2. The molecule has 158 valence electrons. The fourth-order valence-corrected chi connectivity index (χ4v) is 4.94. The third kappa shape index (κ3) is 4.65. The van der Waals surface area contributed by atoms with Gasteiger partial charge >= 0.3 is 0 Å². The summed E-state index contributed by atoms with van der Waals surface area (Å²) in [6.07, 6.45) is 0. The lowest BCUT2D eigenvalue weighted by Crippen LogP contribution is -2.30. The number of aryl methyl sites for hydroxylation is 1. The Hall–Kier alpha value is -2.69. The van der Waals surface area contributed by atoms with Gasteiger partial charge in [0.05, 0.1) is 16.8 Å². The highest BCUT2D eigenvalue weighted by molar-refractivity contribution is 7.22. The Labute approximate surface area is 192 Å². The van der Waals surface area contributed by atoms with E-state index in [0.29, 0.717) is 22.3 Å². The van der Waals surface area contributed by atoms with E-state index in [4.69, 9.17) is 16.6 Å². The largest absolute Gasteiger partial charge is 0.279 e. The third-order valence-corrected chi connectivity index (χ3v) is 6.54. The minimum atomic E-state index is -0.0629. The van der Waals surface area contributed by atoms with Crippen LogP contribution >= 0.6 is 22.9 Å². The Bertz CT molecular complexity index is 1220. The second-order valence-electron chi connectivity index (χ2n) is 8.77. The number of fused-ring (bicyclic) bond motifs is 1. The van der Waals surface area contributed by atoms with Crippen molar-refractivity contribution >= 4 is 44.2 Å². The Morgan fingerprint density at radius 2 is 1.71 bits per heavy atom. The van der Waals surface area contributed by atoms with Gasteiger partial charge in [-0.15, -0.1) is 0 Å². The van der Waals surface area contributed by atoms with E-state index in [-0.39, 0.29) is 11.3 Å². The predicted octanol–water partition coefficient (Wildman–Crippen LogP) is 7.40. The summed E-state index contributed by atoms with van der Waals surface area (Å²) < 4.78 is 0.981. The summed E-state index contributed by atoms with van der Waals surface area (Å²) in [6.45, 7) is 8.94. The molecule has 0 aliphatic heterocycles. The van der Waals surface area contributed by atoms with Gasteiger partial charge in [0.1, 0.15) is 0 Å². The molecule has 0 aliphatic carbocycles. The van der Waals surface area contributed by atoms with E-state index >= 15 is 0 Å². The lowest BCUT2D eigenvalue weighted by Gasteiger charge is -2.22. The third-order valence-electron chi connectivity index (χ3n) is 5.30. The number of anilines is 1. The Kier molecular flexibility index (Phi) is 5.87. The van der Waals surface area contributed by atoms with Crippen LogP contribution in [0.2, 0.25) is 5.02 Å². The highest BCUT2D eigenvalue weighted by Crippen LogP contribution is 2.34. The predicted molar refractivity (Wildman–Crippen MR) is 131 cm³/mol. The number of hydrogen-bond donors (Lipinski definition) is 0. The summed E-state index contributed by atoms with van der Waals surface area (Å²) in [5.74, 6) is -0.0629. The van der Waals surface area contributed by atoms with E-state index in [2.05, 4.69) is 20.8 Å². The number of aromatic nitrogens is 1. The van der Waals surface area contributed by atoms with Crippen molar-refractivity contribution in [3.8, 4) is 0 Å². The number of rotatable bonds is 4. The van der Waals surface area contributed by atoms with E-state index in [1.807, 2.05) is 73.7 Å². The number of halogens is 1. The standard InChI is InChI=1S/C26H25ClN2OS/c1-17-14-21(27)15-22-23(17)28-25(31-22)29(16-18-8-6-5-7-9-18)24(30)19-10-12-20(13-11-19)26(2,3)4/h5-15H,16H2,1-4H3. The molecule has 0 atom stereocenters. The van der Waals surface area contributed by atoms with Gasteiger partial charge in [-0.3, -0.25) is 9.69 Å². The van der Waals surface area contributed by atoms with E-state index in [0.717, 1.165) is 21.3 Å². The van der Waals surface area contributed by atoms with Crippen molar-refractivity contribution in [2.75, 3.05) is 4.90 Å². The number of nitrogens with zero attached hydrogens (tertiary/aromatic N) is 2. The number of benzene rings is 3. The highest BCUT2D eigenvalue weighted by Gasteiger charge is 2.23. The summed E-state index contributed by atoms with van der Waals surface area (Å²) in [7, 11) is 0. The van der Waals surface area contributed by atoms with Crippen molar-refractivity contribution in [1.82, 2.24) is 4.98 Å². The molecule has 3 nitrogen and oxygen atoms in total. The van der Waals surface area contributed by atoms with Crippen molar-refractivity contribution in [3.63, 3.8) is 0 Å². The molecular weight excluding hydrogens is 424 g/mol. The van der Waals surface area contributed by atoms with Crippen LogP contribution < -0.4 is 4.90 Å². The van der Waals surface area contributed by atoms with Crippen LogP contribution in [0, 0.1) is 6.92 Å². The molecule has 0 N–H and O–H groups in total.